The van der Waals surface area contributed by atoms with Crippen molar-refractivity contribution in [2.45, 2.75) is 45.3 Å². The molecule has 1 N–H and O–H groups in total. The number of aromatic hydroxyl groups is 1. The average molecular weight is 521 g/mol. The standard InChI is InChI=1S/C29H32N2O5S/c1-6-31(7-2)23-13-9-21(10-14-23)25-16-12-22-11-15-24(19-26(22)30-25)35-29(4,5)36-37(33,34)28-17-8-20(3)18-27(28)32/h8-19,32H,6-7H2,1-5H3. The molecule has 0 aliphatic heterocycles. The zero-order valence-electron chi connectivity index (χ0n) is 21.7. The molecule has 4 rings (SSSR count). The highest BCUT2D eigenvalue weighted by atomic mass is 32.2. The van der Waals surface area contributed by atoms with Crippen molar-refractivity contribution in [3.63, 3.8) is 0 Å². The Balaban J connectivity index is 1.56. The third-order valence-electron chi connectivity index (χ3n) is 6.01. The van der Waals surface area contributed by atoms with E-state index >= 15 is 0 Å². The van der Waals surface area contributed by atoms with Gasteiger partial charge in [-0.3, -0.25) is 0 Å². The summed E-state index contributed by atoms with van der Waals surface area (Å²) in [5.41, 5.74) is 4.43. The fourth-order valence-corrected chi connectivity index (χ4v) is 5.40. The summed E-state index contributed by atoms with van der Waals surface area (Å²) in [4.78, 5) is 6.78. The van der Waals surface area contributed by atoms with Crippen LogP contribution >= 0.6 is 0 Å². The fourth-order valence-electron chi connectivity index (χ4n) is 4.20. The Kier molecular flexibility index (Phi) is 7.43. The first-order valence-corrected chi connectivity index (χ1v) is 13.6. The smallest absolute Gasteiger partial charge is 0.304 e. The van der Waals surface area contributed by atoms with E-state index in [0.717, 1.165) is 35.3 Å². The number of ether oxygens (including phenoxy) is 1. The normalized spacial score (nSPS) is 12.0. The number of hydrogen-bond donors (Lipinski definition) is 1. The highest BCUT2D eigenvalue weighted by Gasteiger charge is 2.32. The van der Waals surface area contributed by atoms with Gasteiger partial charge in [0.1, 0.15) is 16.4 Å². The summed E-state index contributed by atoms with van der Waals surface area (Å²) in [6.07, 6.45) is 0. The number of anilines is 1. The van der Waals surface area contributed by atoms with Gasteiger partial charge in [0.15, 0.2) is 0 Å². The molecule has 0 unspecified atom stereocenters. The van der Waals surface area contributed by atoms with Gasteiger partial charge in [0.05, 0.1) is 11.2 Å². The zero-order valence-corrected chi connectivity index (χ0v) is 22.5. The minimum absolute atomic E-state index is 0.313. The van der Waals surface area contributed by atoms with Gasteiger partial charge in [-0.25, -0.2) is 9.17 Å². The number of rotatable bonds is 9. The first-order valence-electron chi connectivity index (χ1n) is 12.2. The molecule has 0 bridgehead atoms. The van der Waals surface area contributed by atoms with Crippen LogP contribution in [-0.2, 0) is 14.3 Å². The van der Waals surface area contributed by atoms with E-state index < -0.39 is 15.9 Å². The van der Waals surface area contributed by atoms with E-state index in [1.165, 1.54) is 31.7 Å². The van der Waals surface area contributed by atoms with E-state index in [2.05, 4.69) is 43.0 Å². The Labute approximate surface area is 218 Å². The summed E-state index contributed by atoms with van der Waals surface area (Å²) < 4.78 is 36.9. The molecule has 0 fully saturated rings. The predicted molar refractivity (Wildman–Crippen MR) is 147 cm³/mol. The third kappa shape index (κ3) is 6.03. The van der Waals surface area contributed by atoms with Gasteiger partial charge in [0, 0.05) is 49.6 Å². The van der Waals surface area contributed by atoms with Crippen LogP contribution in [0.15, 0.2) is 77.7 Å². The Morgan fingerprint density at radius 2 is 1.59 bits per heavy atom. The molecule has 0 saturated carbocycles. The highest BCUT2D eigenvalue weighted by molar-refractivity contribution is 7.86. The van der Waals surface area contributed by atoms with Crippen molar-refractivity contribution in [1.82, 2.24) is 4.98 Å². The molecule has 0 amide bonds. The van der Waals surface area contributed by atoms with E-state index in [0.29, 0.717) is 11.3 Å². The summed E-state index contributed by atoms with van der Waals surface area (Å²) in [6, 6.07) is 21.9. The van der Waals surface area contributed by atoms with Crippen molar-refractivity contribution in [3.8, 4) is 22.8 Å². The Bertz CT molecular complexity index is 1510. The molecule has 0 spiro atoms. The van der Waals surface area contributed by atoms with Crippen LogP contribution in [0.2, 0.25) is 0 Å². The van der Waals surface area contributed by atoms with Crippen molar-refractivity contribution >= 4 is 26.7 Å². The van der Waals surface area contributed by atoms with Gasteiger partial charge >= 0.3 is 10.1 Å². The minimum Gasteiger partial charge on any atom is -0.506 e. The van der Waals surface area contributed by atoms with E-state index in [-0.39, 0.29) is 10.6 Å². The Hall–Kier alpha value is -3.62. The second kappa shape index (κ2) is 10.4. The summed E-state index contributed by atoms with van der Waals surface area (Å²) in [5, 5.41) is 11.0. The van der Waals surface area contributed by atoms with Crippen molar-refractivity contribution in [1.29, 1.82) is 0 Å². The van der Waals surface area contributed by atoms with Gasteiger partial charge in [-0.15, -0.1) is 0 Å². The topological polar surface area (TPSA) is 89.0 Å². The number of pyridine rings is 1. The van der Waals surface area contributed by atoms with Gasteiger partial charge in [-0.2, -0.15) is 8.42 Å². The van der Waals surface area contributed by atoms with Crippen LogP contribution in [0.4, 0.5) is 5.69 Å². The highest BCUT2D eigenvalue weighted by Crippen LogP contribution is 2.31. The van der Waals surface area contributed by atoms with Crippen molar-refractivity contribution in [2.75, 3.05) is 18.0 Å². The lowest BCUT2D eigenvalue weighted by atomic mass is 10.1. The maximum atomic E-state index is 12.8. The first kappa shape index (κ1) is 26.4. The second-order valence-corrected chi connectivity index (χ2v) is 10.8. The average Bonchev–Trinajstić information content (AvgIpc) is 2.83. The van der Waals surface area contributed by atoms with Gasteiger partial charge in [-0.1, -0.05) is 24.3 Å². The number of phenols is 1. The molecular formula is C29H32N2O5S. The second-order valence-electron chi connectivity index (χ2n) is 9.28. The zero-order chi connectivity index (χ0) is 26.8. The molecule has 37 heavy (non-hydrogen) atoms. The number of nitrogens with zero attached hydrogens (tertiary/aromatic N) is 2. The third-order valence-corrected chi connectivity index (χ3v) is 7.52. The molecule has 8 heteroatoms. The number of aromatic nitrogens is 1. The van der Waals surface area contributed by atoms with Gasteiger partial charge < -0.3 is 14.7 Å². The SMILES string of the molecule is CCN(CC)c1ccc(-c2ccc3ccc(OC(C)(C)OS(=O)(=O)c4ccc(C)cc4O)cc3n2)cc1. The molecule has 1 aromatic heterocycles. The van der Waals surface area contributed by atoms with E-state index in [1.54, 1.807) is 25.1 Å². The number of hydrogen-bond acceptors (Lipinski definition) is 7. The van der Waals surface area contributed by atoms with Crippen LogP contribution in [-0.4, -0.2) is 37.4 Å². The van der Waals surface area contributed by atoms with E-state index in [9.17, 15) is 13.5 Å². The van der Waals surface area contributed by atoms with Gasteiger partial charge in [0.2, 0.25) is 5.79 Å². The maximum Gasteiger partial charge on any atom is 0.304 e. The van der Waals surface area contributed by atoms with Crippen LogP contribution < -0.4 is 9.64 Å². The number of fused-ring (bicyclic) bond motifs is 1. The number of aryl methyl sites for hydroxylation is 1. The first-order chi connectivity index (χ1) is 17.5. The summed E-state index contributed by atoms with van der Waals surface area (Å²) in [6.45, 7) is 10.9. The number of benzene rings is 3. The molecule has 0 saturated heterocycles. The summed E-state index contributed by atoms with van der Waals surface area (Å²) in [5.74, 6) is -1.51. The van der Waals surface area contributed by atoms with Crippen molar-refractivity contribution in [2.24, 2.45) is 0 Å². The molecular weight excluding hydrogens is 488 g/mol. The molecule has 1 heterocycles. The summed E-state index contributed by atoms with van der Waals surface area (Å²) in [7, 11) is -4.28. The lowest BCUT2D eigenvalue weighted by molar-refractivity contribution is -0.0759. The number of phenolic OH excluding ortho intramolecular Hbond substituents is 1. The lowest BCUT2D eigenvalue weighted by Gasteiger charge is -2.26. The van der Waals surface area contributed by atoms with Gasteiger partial charge in [0.25, 0.3) is 0 Å². The molecule has 0 aliphatic rings. The maximum absolute atomic E-state index is 12.8. The van der Waals surface area contributed by atoms with Crippen molar-refractivity contribution < 1.29 is 22.4 Å². The Morgan fingerprint density at radius 1 is 0.919 bits per heavy atom. The summed E-state index contributed by atoms with van der Waals surface area (Å²) >= 11 is 0. The van der Waals surface area contributed by atoms with E-state index in [4.69, 9.17) is 13.9 Å². The van der Waals surface area contributed by atoms with Crippen LogP contribution in [0.25, 0.3) is 22.2 Å². The molecule has 4 aromatic rings. The van der Waals surface area contributed by atoms with Crippen LogP contribution in [0.1, 0.15) is 33.3 Å². The van der Waals surface area contributed by atoms with Crippen LogP contribution in [0, 0.1) is 6.92 Å². The monoisotopic (exact) mass is 520 g/mol. The predicted octanol–water partition coefficient (Wildman–Crippen LogP) is 6.28. The molecule has 0 aliphatic carbocycles. The molecule has 194 valence electrons. The quantitative estimate of drug-likeness (QED) is 0.205. The molecule has 3 aromatic carbocycles. The van der Waals surface area contributed by atoms with E-state index in [1.807, 2.05) is 18.2 Å². The largest absolute Gasteiger partial charge is 0.506 e. The fraction of sp³-hybridized carbons (Fsp3) is 0.276. The van der Waals surface area contributed by atoms with Crippen LogP contribution in [0.5, 0.6) is 11.5 Å². The van der Waals surface area contributed by atoms with Crippen molar-refractivity contribution in [3.05, 3.63) is 78.4 Å². The molecule has 7 nitrogen and oxygen atoms in total. The molecule has 0 atom stereocenters. The van der Waals surface area contributed by atoms with Crippen LogP contribution in [0.3, 0.4) is 0 Å². The lowest BCUT2D eigenvalue weighted by Crippen LogP contribution is -2.34. The molecule has 0 radical (unpaired) electrons. The van der Waals surface area contributed by atoms with Gasteiger partial charge in [-0.05, 0) is 68.8 Å². The minimum atomic E-state index is -4.28. The Morgan fingerprint density at radius 3 is 2.24 bits per heavy atom.